The van der Waals surface area contributed by atoms with Crippen LogP contribution < -0.4 is 15.0 Å². The molecule has 0 amide bonds. The molecule has 8 heteroatoms. The van der Waals surface area contributed by atoms with Gasteiger partial charge in [-0.1, -0.05) is 66.7 Å². The molecule has 0 aromatic heterocycles. The van der Waals surface area contributed by atoms with Gasteiger partial charge in [-0.2, -0.15) is 0 Å². The van der Waals surface area contributed by atoms with Gasteiger partial charge in [0, 0.05) is 17.1 Å². The molecule has 8 nitrogen and oxygen atoms in total. The van der Waals surface area contributed by atoms with E-state index < -0.39 is 11.9 Å². The number of nitrogens with one attached hydrogen (secondary N) is 2. The summed E-state index contributed by atoms with van der Waals surface area (Å²) < 4.78 is 5.90. The fourth-order valence-corrected chi connectivity index (χ4v) is 3.13. The highest BCUT2D eigenvalue weighted by atomic mass is 16.5. The van der Waals surface area contributed by atoms with Crippen LogP contribution in [-0.4, -0.2) is 28.1 Å². The summed E-state index contributed by atoms with van der Waals surface area (Å²) in [5.41, 5.74) is 3.78. The fourth-order valence-electron chi connectivity index (χ4n) is 3.13. The van der Waals surface area contributed by atoms with Crippen molar-refractivity contribution < 1.29 is 24.5 Å². The quantitative estimate of drug-likeness (QED) is 0.160. The van der Waals surface area contributed by atoms with Crippen LogP contribution in [0.3, 0.4) is 0 Å². The summed E-state index contributed by atoms with van der Waals surface area (Å²) in [6.45, 7) is 0.522. The number of benzene rings is 4. The molecule has 0 unspecified atom stereocenters. The van der Waals surface area contributed by atoms with E-state index in [0.717, 1.165) is 28.4 Å². The summed E-state index contributed by atoms with van der Waals surface area (Å²) in [6, 6.07) is 37.5. The maximum absolute atomic E-state index is 9.10. The Morgan fingerprint density at radius 1 is 0.694 bits per heavy atom. The van der Waals surface area contributed by atoms with Crippen molar-refractivity contribution in [2.75, 3.05) is 10.2 Å². The highest BCUT2D eigenvalue weighted by molar-refractivity contribution is 6.27. The molecular formula is C28H25N3O5. The topological polar surface area (TPSA) is 123 Å². The van der Waals surface area contributed by atoms with Gasteiger partial charge in [0.2, 0.25) is 5.96 Å². The summed E-state index contributed by atoms with van der Waals surface area (Å²) in [6.07, 6.45) is 0. The first-order valence-electron chi connectivity index (χ1n) is 10.9. The van der Waals surface area contributed by atoms with E-state index in [9.17, 15) is 0 Å². The first kappa shape index (κ1) is 25.5. The molecule has 182 valence electrons. The lowest BCUT2D eigenvalue weighted by molar-refractivity contribution is -0.159. The third-order valence-electron chi connectivity index (χ3n) is 4.80. The number of para-hydroxylation sites is 2. The monoisotopic (exact) mass is 483 g/mol. The van der Waals surface area contributed by atoms with Gasteiger partial charge in [-0.25, -0.2) is 9.59 Å². The Morgan fingerprint density at radius 2 is 1.17 bits per heavy atom. The molecule has 4 N–H and O–H groups in total. The van der Waals surface area contributed by atoms with E-state index >= 15 is 0 Å². The van der Waals surface area contributed by atoms with E-state index in [1.165, 1.54) is 0 Å². The average Bonchev–Trinajstić information content (AvgIpc) is 2.90. The lowest BCUT2D eigenvalue weighted by Crippen LogP contribution is -2.31. The van der Waals surface area contributed by atoms with E-state index in [-0.39, 0.29) is 5.96 Å². The standard InChI is InChI=1S/C26H23N3O.C2H2O4/c27-26(28-22-12-6-2-7-13-22)29(23-14-8-3-9-15-23)24-16-18-25(19-17-24)30-20-21-10-4-1-5-11-21;3-1(4)2(5)6/h1-19H,20H2,(H2,27,28);(H,3,4)(H,5,6). The van der Waals surface area contributed by atoms with Gasteiger partial charge in [-0.15, -0.1) is 0 Å². The number of carboxylic acids is 2. The van der Waals surface area contributed by atoms with Crippen molar-refractivity contribution >= 4 is 35.0 Å². The van der Waals surface area contributed by atoms with Gasteiger partial charge in [-0.05, 0) is 54.1 Å². The lowest BCUT2D eigenvalue weighted by atomic mass is 10.2. The van der Waals surface area contributed by atoms with Crippen molar-refractivity contribution in [3.63, 3.8) is 0 Å². The van der Waals surface area contributed by atoms with Gasteiger partial charge >= 0.3 is 11.9 Å². The zero-order chi connectivity index (χ0) is 25.8. The van der Waals surface area contributed by atoms with Crippen LogP contribution in [0.2, 0.25) is 0 Å². The molecular weight excluding hydrogens is 458 g/mol. The predicted molar refractivity (Wildman–Crippen MR) is 139 cm³/mol. The second-order valence-electron chi connectivity index (χ2n) is 7.39. The van der Waals surface area contributed by atoms with E-state index in [4.69, 9.17) is 29.9 Å². The fraction of sp³-hybridized carbons (Fsp3) is 0.0357. The summed E-state index contributed by atoms with van der Waals surface area (Å²) in [5, 5.41) is 26.6. The molecule has 0 aliphatic rings. The summed E-state index contributed by atoms with van der Waals surface area (Å²) in [5.74, 6) is -2.59. The van der Waals surface area contributed by atoms with Crippen molar-refractivity contribution in [2.45, 2.75) is 6.61 Å². The van der Waals surface area contributed by atoms with Crippen LogP contribution in [0.4, 0.5) is 17.1 Å². The highest BCUT2D eigenvalue weighted by Gasteiger charge is 2.15. The van der Waals surface area contributed by atoms with Crippen molar-refractivity contribution in [3.8, 4) is 5.75 Å². The normalized spacial score (nSPS) is 9.78. The molecule has 0 spiro atoms. The highest BCUT2D eigenvalue weighted by Crippen LogP contribution is 2.28. The zero-order valence-electron chi connectivity index (χ0n) is 19.2. The molecule has 0 aliphatic carbocycles. The molecule has 0 heterocycles. The second kappa shape index (κ2) is 13.0. The van der Waals surface area contributed by atoms with E-state index in [1.807, 2.05) is 120 Å². The van der Waals surface area contributed by atoms with Gasteiger partial charge in [-0.3, -0.25) is 10.3 Å². The van der Waals surface area contributed by atoms with E-state index in [2.05, 4.69) is 5.32 Å². The molecule has 0 saturated carbocycles. The Morgan fingerprint density at radius 3 is 1.69 bits per heavy atom. The van der Waals surface area contributed by atoms with Gasteiger partial charge in [0.05, 0.1) is 0 Å². The van der Waals surface area contributed by atoms with Gasteiger partial charge in [0.1, 0.15) is 12.4 Å². The van der Waals surface area contributed by atoms with Crippen molar-refractivity contribution in [1.29, 1.82) is 5.41 Å². The molecule has 0 atom stereocenters. The number of anilines is 3. The Hall–Kier alpha value is -5.11. The number of guanidine groups is 1. The van der Waals surface area contributed by atoms with Crippen LogP contribution in [0.25, 0.3) is 0 Å². The van der Waals surface area contributed by atoms with Crippen LogP contribution in [0.1, 0.15) is 5.56 Å². The van der Waals surface area contributed by atoms with Crippen LogP contribution >= 0.6 is 0 Å². The number of rotatable bonds is 6. The smallest absolute Gasteiger partial charge is 0.414 e. The molecule has 4 aromatic carbocycles. The van der Waals surface area contributed by atoms with Crippen LogP contribution in [0, 0.1) is 5.41 Å². The Bertz CT molecular complexity index is 1250. The number of carbonyl (C=O) groups is 2. The van der Waals surface area contributed by atoms with Crippen molar-refractivity contribution in [3.05, 3.63) is 121 Å². The van der Waals surface area contributed by atoms with Crippen LogP contribution in [-0.2, 0) is 16.2 Å². The molecule has 0 aliphatic heterocycles. The molecule has 0 radical (unpaired) electrons. The molecule has 4 aromatic rings. The van der Waals surface area contributed by atoms with Gasteiger partial charge in [0.15, 0.2) is 0 Å². The maximum atomic E-state index is 9.10. The minimum Gasteiger partial charge on any atom is -0.489 e. The molecule has 36 heavy (non-hydrogen) atoms. The largest absolute Gasteiger partial charge is 0.489 e. The third kappa shape index (κ3) is 7.74. The lowest BCUT2D eigenvalue weighted by Gasteiger charge is -2.26. The molecule has 0 fully saturated rings. The van der Waals surface area contributed by atoms with Crippen molar-refractivity contribution in [1.82, 2.24) is 0 Å². The van der Waals surface area contributed by atoms with Crippen LogP contribution in [0.15, 0.2) is 115 Å². The zero-order valence-corrected chi connectivity index (χ0v) is 19.2. The number of hydrogen-bond donors (Lipinski definition) is 4. The minimum atomic E-state index is -1.82. The number of hydrogen-bond acceptors (Lipinski definition) is 4. The summed E-state index contributed by atoms with van der Waals surface area (Å²) in [7, 11) is 0. The first-order chi connectivity index (χ1) is 17.4. The minimum absolute atomic E-state index is 0.269. The van der Waals surface area contributed by atoms with Crippen LogP contribution in [0.5, 0.6) is 5.75 Å². The second-order valence-corrected chi connectivity index (χ2v) is 7.39. The number of aliphatic carboxylic acids is 2. The molecule has 0 saturated heterocycles. The Balaban J connectivity index is 0.000000538. The summed E-state index contributed by atoms with van der Waals surface area (Å²) >= 11 is 0. The van der Waals surface area contributed by atoms with Crippen molar-refractivity contribution in [2.24, 2.45) is 0 Å². The number of nitrogens with zero attached hydrogens (tertiary/aromatic N) is 1. The van der Waals surface area contributed by atoms with E-state index in [0.29, 0.717) is 6.61 Å². The average molecular weight is 484 g/mol. The Labute approximate surface area is 208 Å². The predicted octanol–water partition coefficient (Wildman–Crippen LogP) is 5.61. The van der Waals surface area contributed by atoms with E-state index in [1.54, 1.807) is 0 Å². The maximum Gasteiger partial charge on any atom is 0.414 e. The SMILES string of the molecule is N=C(Nc1ccccc1)N(c1ccccc1)c1ccc(OCc2ccccc2)cc1.O=C(O)C(=O)O. The number of ether oxygens (including phenoxy) is 1. The number of carboxylic acid groups (broad SMARTS) is 2. The molecule has 4 rings (SSSR count). The first-order valence-corrected chi connectivity index (χ1v) is 10.9. The third-order valence-corrected chi connectivity index (χ3v) is 4.80. The molecule has 0 bridgehead atoms. The summed E-state index contributed by atoms with van der Waals surface area (Å²) in [4.78, 5) is 20.1. The van der Waals surface area contributed by atoms with Gasteiger partial charge < -0.3 is 20.3 Å². The Kier molecular flexibility index (Phi) is 9.18. The van der Waals surface area contributed by atoms with Gasteiger partial charge in [0.25, 0.3) is 0 Å².